The van der Waals surface area contributed by atoms with Gasteiger partial charge in [-0.15, -0.1) is 24.0 Å². The van der Waals surface area contributed by atoms with Gasteiger partial charge in [-0.3, -0.25) is 4.99 Å². The van der Waals surface area contributed by atoms with E-state index in [4.69, 9.17) is 14.2 Å². The normalized spacial score (nSPS) is 12.1. The van der Waals surface area contributed by atoms with Crippen LogP contribution in [0.4, 0.5) is 0 Å². The van der Waals surface area contributed by atoms with E-state index in [0.717, 1.165) is 19.5 Å². The minimum absolute atomic E-state index is 0. The van der Waals surface area contributed by atoms with Gasteiger partial charge in [0.1, 0.15) is 17.6 Å². The number of halogens is 1. The van der Waals surface area contributed by atoms with Crippen molar-refractivity contribution in [2.24, 2.45) is 4.99 Å². The van der Waals surface area contributed by atoms with Crippen LogP contribution in [0.5, 0.6) is 11.5 Å². The van der Waals surface area contributed by atoms with E-state index in [1.807, 2.05) is 6.92 Å². The Morgan fingerprint density at radius 3 is 2.56 bits per heavy atom. The van der Waals surface area contributed by atoms with Crippen molar-refractivity contribution >= 4 is 29.9 Å². The van der Waals surface area contributed by atoms with E-state index < -0.39 is 6.10 Å². The number of nitrogens with zero attached hydrogens (tertiary/aromatic N) is 1. The van der Waals surface area contributed by atoms with Gasteiger partial charge >= 0.3 is 0 Å². The molecule has 0 aromatic heterocycles. The van der Waals surface area contributed by atoms with Crippen LogP contribution in [0.1, 0.15) is 25.0 Å². The van der Waals surface area contributed by atoms with E-state index in [-0.39, 0.29) is 30.5 Å². The van der Waals surface area contributed by atoms with Gasteiger partial charge in [-0.2, -0.15) is 0 Å². The van der Waals surface area contributed by atoms with E-state index in [0.29, 0.717) is 29.6 Å². The summed E-state index contributed by atoms with van der Waals surface area (Å²) in [4.78, 5) is 4.43. The summed E-state index contributed by atoms with van der Waals surface area (Å²) in [6, 6.07) is 5.33. The second kappa shape index (κ2) is 14.0. The molecule has 0 radical (unpaired) electrons. The van der Waals surface area contributed by atoms with Crippen molar-refractivity contribution in [3.8, 4) is 11.5 Å². The molecule has 3 N–H and O–H groups in total. The van der Waals surface area contributed by atoms with Crippen LogP contribution in [0.3, 0.4) is 0 Å². The van der Waals surface area contributed by atoms with Crippen molar-refractivity contribution in [1.29, 1.82) is 0 Å². The van der Waals surface area contributed by atoms with Crippen LogP contribution in [0.2, 0.25) is 0 Å². The molecule has 0 aliphatic carbocycles. The number of nitrogens with one attached hydrogen (secondary N) is 2. The molecular formula is C17H30IN3O4. The van der Waals surface area contributed by atoms with Crippen LogP contribution in [0.15, 0.2) is 23.2 Å². The van der Waals surface area contributed by atoms with Gasteiger partial charge in [0.15, 0.2) is 5.96 Å². The Bertz CT molecular complexity index is 515. The van der Waals surface area contributed by atoms with Gasteiger partial charge in [0.05, 0.1) is 20.8 Å². The summed E-state index contributed by atoms with van der Waals surface area (Å²) in [5, 5.41) is 16.8. The predicted molar refractivity (Wildman–Crippen MR) is 110 cm³/mol. The highest BCUT2D eigenvalue weighted by molar-refractivity contribution is 14.0. The molecule has 1 rings (SSSR count). The number of rotatable bonds is 10. The lowest BCUT2D eigenvalue weighted by molar-refractivity contribution is 0.182. The van der Waals surface area contributed by atoms with Crippen LogP contribution in [-0.2, 0) is 4.74 Å². The summed E-state index contributed by atoms with van der Waals surface area (Å²) >= 11 is 0. The van der Waals surface area contributed by atoms with Gasteiger partial charge in [0, 0.05) is 32.4 Å². The van der Waals surface area contributed by atoms with E-state index in [2.05, 4.69) is 15.6 Å². The Labute approximate surface area is 167 Å². The molecule has 25 heavy (non-hydrogen) atoms. The number of aliphatic hydroxyl groups excluding tert-OH is 1. The van der Waals surface area contributed by atoms with Crippen LogP contribution < -0.4 is 20.1 Å². The summed E-state index contributed by atoms with van der Waals surface area (Å²) in [5.74, 6) is 1.93. The number of hydrogen-bond donors (Lipinski definition) is 3. The summed E-state index contributed by atoms with van der Waals surface area (Å²) in [6.45, 7) is 4.39. The topological polar surface area (TPSA) is 84.3 Å². The highest BCUT2D eigenvalue weighted by Gasteiger charge is 2.14. The van der Waals surface area contributed by atoms with Crippen molar-refractivity contribution in [2.45, 2.75) is 19.4 Å². The Balaban J connectivity index is 0.00000576. The molecule has 1 aromatic carbocycles. The Morgan fingerprint density at radius 1 is 1.20 bits per heavy atom. The molecule has 8 heteroatoms. The van der Waals surface area contributed by atoms with Crippen molar-refractivity contribution in [3.05, 3.63) is 23.8 Å². The number of ether oxygens (including phenoxy) is 3. The molecule has 0 aliphatic rings. The summed E-state index contributed by atoms with van der Waals surface area (Å²) < 4.78 is 15.5. The lowest BCUT2D eigenvalue weighted by Crippen LogP contribution is -2.38. The fraction of sp³-hybridized carbons (Fsp3) is 0.588. The lowest BCUT2D eigenvalue weighted by Gasteiger charge is -2.16. The molecule has 0 saturated heterocycles. The highest BCUT2D eigenvalue weighted by Crippen LogP contribution is 2.29. The molecule has 0 saturated carbocycles. The van der Waals surface area contributed by atoms with Crippen molar-refractivity contribution in [1.82, 2.24) is 10.6 Å². The molecule has 0 heterocycles. The first kappa shape index (κ1) is 23.7. The van der Waals surface area contributed by atoms with Crippen LogP contribution in [0, 0.1) is 0 Å². The summed E-state index contributed by atoms with van der Waals surface area (Å²) in [7, 11) is 4.84. The van der Waals surface area contributed by atoms with Gasteiger partial charge in [-0.25, -0.2) is 0 Å². The standard InChI is InChI=1S/C17H29N3O4.HI/c1-5-18-17(19-9-6-10-22-2)20-12-15(21)14-11-13(23-3)7-8-16(14)24-4;/h7-8,11,15,21H,5-6,9-10,12H2,1-4H3,(H2,18,19,20);1H. The predicted octanol–water partition coefficient (Wildman–Crippen LogP) is 1.95. The molecule has 0 amide bonds. The maximum absolute atomic E-state index is 10.5. The highest BCUT2D eigenvalue weighted by atomic mass is 127. The van der Waals surface area contributed by atoms with Crippen molar-refractivity contribution in [2.75, 3.05) is 47.6 Å². The molecule has 144 valence electrons. The molecule has 0 spiro atoms. The van der Waals surface area contributed by atoms with E-state index >= 15 is 0 Å². The molecule has 7 nitrogen and oxygen atoms in total. The van der Waals surface area contributed by atoms with Gasteiger partial charge < -0.3 is 30.0 Å². The van der Waals surface area contributed by atoms with Gasteiger partial charge in [-0.1, -0.05) is 0 Å². The molecule has 0 aliphatic heterocycles. The zero-order valence-electron chi connectivity index (χ0n) is 15.4. The number of aliphatic imine (C=N–C) groups is 1. The first-order chi connectivity index (χ1) is 11.7. The Hall–Kier alpha value is -1.26. The minimum Gasteiger partial charge on any atom is -0.497 e. The van der Waals surface area contributed by atoms with Gasteiger partial charge in [0.25, 0.3) is 0 Å². The smallest absolute Gasteiger partial charge is 0.191 e. The van der Waals surface area contributed by atoms with E-state index in [1.165, 1.54) is 0 Å². The minimum atomic E-state index is -0.788. The maximum Gasteiger partial charge on any atom is 0.191 e. The lowest BCUT2D eigenvalue weighted by atomic mass is 10.1. The molecule has 1 unspecified atom stereocenters. The summed E-state index contributed by atoms with van der Waals surface area (Å²) in [6.07, 6.45) is 0.0946. The van der Waals surface area contributed by atoms with Crippen molar-refractivity contribution < 1.29 is 19.3 Å². The van der Waals surface area contributed by atoms with Crippen LogP contribution >= 0.6 is 24.0 Å². The van der Waals surface area contributed by atoms with E-state index in [1.54, 1.807) is 39.5 Å². The number of hydrogen-bond acceptors (Lipinski definition) is 5. The number of benzene rings is 1. The zero-order chi connectivity index (χ0) is 17.8. The molecule has 0 bridgehead atoms. The summed E-state index contributed by atoms with van der Waals surface area (Å²) in [5.41, 5.74) is 0.649. The molecule has 1 atom stereocenters. The van der Waals surface area contributed by atoms with Crippen LogP contribution in [0.25, 0.3) is 0 Å². The Morgan fingerprint density at radius 2 is 1.96 bits per heavy atom. The first-order valence-corrected chi connectivity index (χ1v) is 8.07. The average Bonchev–Trinajstić information content (AvgIpc) is 2.62. The second-order valence-electron chi connectivity index (χ2n) is 5.12. The third-order valence-electron chi connectivity index (χ3n) is 3.38. The van der Waals surface area contributed by atoms with Gasteiger partial charge in [0.2, 0.25) is 0 Å². The SMILES string of the molecule is CCNC(=NCC(O)c1cc(OC)ccc1OC)NCCCOC.I. The third kappa shape index (κ3) is 8.59. The Kier molecular flexibility index (Phi) is 13.3. The maximum atomic E-state index is 10.5. The largest absolute Gasteiger partial charge is 0.497 e. The average molecular weight is 467 g/mol. The van der Waals surface area contributed by atoms with E-state index in [9.17, 15) is 5.11 Å². The van der Waals surface area contributed by atoms with Crippen LogP contribution in [-0.4, -0.2) is 58.6 Å². The molecular weight excluding hydrogens is 437 g/mol. The number of aliphatic hydroxyl groups is 1. The quantitative estimate of drug-likeness (QED) is 0.211. The van der Waals surface area contributed by atoms with Crippen molar-refractivity contribution in [3.63, 3.8) is 0 Å². The molecule has 0 fully saturated rings. The van der Waals surface area contributed by atoms with Gasteiger partial charge in [-0.05, 0) is 31.5 Å². The third-order valence-corrected chi connectivity index (χ3v) is 3.38. The fourth-order valence-corrected chi connectivity index (χ4v) is 2.14. The first-order valence-electron chi connectivity index (χ1n) is 8.07. The second-order valence-corrected chi connectivity index (χ2v) is 5.12. The molecule has 1 aromatic rings. The zero-order valence-corrected chi connectivity index (χ0v) is 17.7. The number of methoxy groups -OCH3 is 3. The fourth-order valence-electron chi connectivity index (χ4n) is 2.14. The monoisotopic (exact) mass is 467 g/mol. The number of guanidine groups is 1.